The van der Waals surface area contributed by atoms with Gasteiger partial charge in [0.1, 0.15) is 11.8 Å². The van der Waals surface area contributed by atoms with Gasteiger partial charge in [0.2, 0.25) is 5.91 Å². The molecule has 0 aliphatic rings. The van der Waals surface area contributed by atoms with Crippen molar-refractivity contribution in [3.8, 4) is 5.75 Å². The Morgan fingerprint density at radius 2 is 1.66 bits per heavy atom. The van der Waals surface area contributed by atoms with Crippen LogP contribution in [0.25, 0.3) is 10.8 Å². The number of urea groups is 1. The average Bonchev–Trinajstić information content (AvgIpc) is 2.73. The molecular weight excluding hydrogens is 366 g/mol. The van der Waals surface area contributed by atoms with E-state index >= 15 is 0 Å². The van der Waals surface area contributed by atoms with Crippen LogP contribution in [-0.2, 0) is 17.8 Å². The minimum atomic E-state index is -0.734. The Labute approximate surface area is 169 Å². The van der Waals surface area contributed by atoms with Crippen LogP contribution < -0.4 is 11.1 Å². The summed E-state index contributed by atoms with van der Waals surface area (Å²) in [6, 6.07) is 19.3. The molecule has 6 nitrogen and oxygen atoms in total. The molecule has 3 aromatic rings. The standard InChI is InChI=1S/C23H25N3O3/c1-2-26(23(24)29)21(14-16-8-11-20(27)12-9-16)22(28)25-15-17-7-10-18-5-3-4-6-19(18)13-17/h3-13,21,27H,2,14-15H2,1H3,(H2,24,29)(H,25,28)/t21-/m1/s1. The number of nitrogens with two attached hydrogens (primary N) is 1. The van der Waals surface area contributed by atoms with E-state index in [1.54, 1.807) is 31.2 Å². The molecule has 150 valence electrons. The molecule has 29 heavy (non-hydrogen) atoms. The molecule has 0 spiro atoms. The van der Waals surface area contributed by atoms with Gasteiger partial charge in [0.15, 0.2) is 0 Å². The van der Waals surface area contributed by atoms with E-state index in [0.29, 0.717) is 19.5 Å². The van der Waals surface area contributed by atoms with Crippen molar-refractivity contribution in [1.82, 2.24) is 10.2 Å². The van der Waals surface area contributed by atoms with Crippen molar-refractivity contribution in [3.63, 3.8) is 0 Å². The average molecular weight is 391 g/mol. The summed E-state index contributed by atoms with van der Waals surface area (Å²) in [6.07, 6.45) is 0.306. The predicted octanol–water partition coefficient (Wildman–Crippen LogP) is 3.17. The topological polar surface area (TPSA) is 95.7 Å². The molecule has 0 bridgehead atoms. The second-order valence-electron chi connectivity index (χ2n) is 6.91. The van der Waals surface area contributed by atoms with Gasteiger partial charge in [0.25, 0.3) is 0 Å². The molecule has 0 unspecified atom stereocenters. The molecule has 0 radical (unpaired) electrons. The first-order valence-corrected chi connectivity index (χ1v) is 9.57. The van der Waals surface area contributed by atoms with E-state index in [2.05, 4.69) is 5.32 Å². The zero-order chi connectivity index (χ0) is 20.8. The SMILES string of the molecule is CCN(C(N)=O)[C@H](Cc1ccc(O)cc1)C(=O)NCc1ccc2ccccc2c1. The van der Waals surface area contributed by atoms with Crippen LogP contribution in [0, 0.1) is 0 Å². The van der Waals surface area contributed by atoms with Crippen molar-refractivity contribution in [1.29, 1.82) is 0 Å². The number of fused-ring (bicyclic) bond motifs is 1. The van der Waals surface area contributed by atoms with E-state index in [9.17, 15) is 14.7 Å². The molecule has 0 saturated heterocycles. The number of hydrogen-bond donors (Lipinski definition) is 3. The lowest BCUT2D eigenvalue weighted by molar-refractivity contribution is -0.125. The van der Waals surface area contributed by atoms with Crippen molar-refractivity contribution in [2.75, 3.05) is 6.54 Å². The summed E-state index contributed by atoms with van der Waals surface area (Å²) in [6.45, 7) is 2.46. The third-order valence-corrected chi connectivity index (χ3v) is 4.95. The number of aromatic hydroxyl groups is 1. The van der Waals surface area contributed by atoms with Gasteiger partial charge in [-0.15, -0.1) is 0 Å². The number of amides is 3. The molecule has 0 saturated carbocycles. The van der Waals surface area contributed by atoms with Gasteiger partial charge in [-0.05, 0) is 47.0 Å². The zero-order valence-corrected chi connectivity index (χ0v) is 16.3. The largest absolute Gasteiger partial charge is 0.508 e. The quantitative estimate of drug-likeness (QED) is 0.577. The van der Waals surface area contributed by atoms with Crippen molar-refractivity contribution in [2.45, 2.75) is 25.9 Å². The molecule has 0 aliphatic heterocycles. The zero-order valence-electron chi connectivity index (χ0n) is 16.3. The Kier molecular flexibility index (Phi) is 6.34. The van der Waals surface area contributed by atoms with Crippen molar-refractivity contribution in [3.05, 3.63) is 77.9 Å². The van der Waals surface area contributed by atoms with Crippen molar-refractivity contribution >= 4 is 22.7 Å². The fourth-order valence-corrected chi connectivity index (χ4v) is 3.39. The van der Waals surface area contributed by atoms with Crippen molar-refractivity contribution < 1.29 is 14.7 Å². The molecule has 1 atom stereocenters. The summed E-state index contributed by atoms with van der Waals surface area (Å²) in [5, 5.41) is 14.6. The first kappa shape index (κ1) is 20.2. The highest BCUT2D eigenvalue weighted by Gasteiger charge is 2.27. The van der Waals surface area contributed by atoms with Crippen LogP contribution in [0.15, 0.2) is 66.7 Å². The fraction of sp³-hybridized carbons (Fsp3) is 0.217. The van der Waals surface area contributed by atoms with Gasteiger partial charge in [0.05, 0.1) is 0 Å². The summed E-state index contributed by atoms with van der Waals surface area (Å²) in [5.74, 6) is -0.125. The van der Waals surface area contributed by atoms with Crippen LogP contribution in [0.4, 0.5) is 4.79 Å². The first-order valence-electron chi connectivity index (χ1n) is 9.57. The van der Waals surface area contributed by atoms with Gasteiger partial charge >= 0.3 is 6.03 Å². The Balaban J connectivity index is 1.75. The maximum Gasteiger partial charge on any atom is 0.315 e. The summed E-state index contributed by atoms with van der Waals surface area (Å²) < 4.78 is 0. The third kappa shape index (κ3) is 5.04. The molecular formula is C23H25N3O3. The molecule has 3 rings (SSSR count). The van der Waals surface area contributed by atoms with Crippen LogP contribution in [0.1, 0.15) is 18.1 Å². The number of likely N-dealkylation sites (N-methyl/N-ethyl adjacent to an activating group) is 1. The highest BCUT2D eigenvalue weighted by atomic mass is 16.3. The van der Waals surface area contributed by atoms with Crippen LogP contribution in [0.2, 0.25) is 0 Å². The lowest BCUT2D eigenvalue weighted by atomic mass is 10.0. The number of benzene rings is 3. The monoisotopic (exact) mass is 391 g/mol. The second kappa shape index (κ2) is 9.10. The number of rotatable bonds is 7. The third-order valence-electron chi connectivity index (χ3n) is 4.95. The number of primary amides is 1. The summed E-state index contributed by atoms with van der Waals surface area (Å²) >= 11 is 0. The number of carbonyl (C=O) groups excluding carboxylic acids is 2. The van der Waals surface area contributed by atoms with Gasteiger partial charge in [0, 0.05) is 19.5 Å². The Hall–Kier alpha value is -3.54. The second-order valence-corrected chi connectivity index (χ2v) is 6.91. The van der Waals surface area contributed by atoms with E-state index in [4.69, 9.17) is 5.73 Å². The van der Waals surface area contributed by atoms with E-state index in [-0.39, 0.29) is 11.7 Å². The predicted molar refractivity (Wildman–Crippen MR) is 113 cm³/mol. The molecule has 6 heteroatoms. The minimum absolute atomic E-state index is 0.147. The smallest absolute Gasteiger partial charge is 0.315 e. The van der Waals surface area contributed by atoms with Crippen LogP contribution >= 0.6 is 0 Å². The Morgan fingerprint density at radius 3 is 2.31 bits per heavy atom. The van der Waals surface area contributed by atoms with Crippen LogP contribution in [-0.4, -0.2) is 34.5 Å². The highest BCUT2D eigenvalue weighted by Crippen LogP contribution is 2.17. The lowest BCUT2D eigenvalue weighted by Crippen LogP contribution is -2.52. The number of phenols is 1. The molecule has 3 amide bonds. The number of phenolic OH excluding ortho intramolecular Hbond substituents is 1. The van der Waals surface area contributed by atoms with Crippen molar-refractivity contribution in [2.24, 2.45) is 5.73 Å². The van der Waals surface area contributed by atoms with E-state index < -0.39 is 12.1 Å². The highest BCUT2D eigenvalue weighted by molar-refractivity contribution is 5.87. The fourth-order valence-electron chi connectivity index (χ4n) is 3.39. The molecule has 0 aromatic heterocycles. The molecule has 4 N–H and O–H groups in total. The number of carbonyl (C=O) groups is 2. The Bertz CT molecular complexity index is 1000. The number of nitrogens with zero attached hydrogens (tertiary/aromatic N) is 1. The van der Waals surface area contributed by atoms with Gasteiger partial charge in [-0.2, -0.15) is 0 Å². The normalized spacial score (nSPS) is 11.8. The van der Waals surface area contributed by atoms with Gasteiger partial charge in [-0.3, -0.25) is 4.79 Å². The summed E-state index contributed by atoms with van der Waals surface area (Å²) in [4.78, 5) is 26.2. The summed E-state index contributed by atoms with van der Waals surface area (Å²) in [7, 11) is 0. The van der Waals surface area contributed by atoms with Crippen LogP contribution in [0.5, 0.6) is 5.75 Å². The molecule has 0 heterocycles. The number of hydrogen-bond acceptors (Lipinski definition) is 3. The van der Waals surface area contributed by atoms with E-state index in [1.165, 1.54) is 4.90 Å². The van der Waals surface area contributed by atoms with Gasteiger partial charge in [-0.25, -0.2) is 4.79 Å². The summed E-state index contributed by atoms with van der Waals surface area (Å²) in [5.41, 5.74) is 7.30. The van der Waals surface area contributed by atoms with Gasteiger partial charge in [-0.1, -0.05) is 48.5 Å². The van der Waals surface area contributed by atoms with E-state index in [0.717, 1.165) is 21.9 Å². The maximum atomic E-state index is 12.9. The molecule has 0 aliphatic carbocycles. The Morgan fingerprint density at radius 1 is 1.00 bits per heavy atom. The minimum Gasteiger partial charge on any atom is -0.508 e. The van der Waals surface area contributed by atoms with E-state index in [1.807, 2.05) is 42.5 Å². The van der Waals surface area contributed by atoms with Gasteiger partial charge < -0.3 is 21.1 Å². The molecule has 0 fully saturated rings. The first-order chi connectivity index (χ1) is 14.0. The lowest BCUT2D eigenvalue weighted by Gasteiger charge is -2.28. The maximum absolute atomic E-state index is 12.9. The number of nitrogens with one attached hydrogen (secondary N) is 1. The molecule has 3 aromatic carbocycles. The van der Waals surface area contributed by atoms with Crippen LogP contribution in [0.3, 0.4) is 0 Å².